The highest BCUT2D eigenvalue weighted by Crippen LogP contribution is 2.33. The molecule has 0 spiro atoms. The lowest BCUT2D eigenvalue weighted by atomic mass is 10.1. The van der Waals surface area contributed by atoms with E-state index < -0.39 is 5.82 Å². The average Bonchev–Trinajstić information content (AvgIpc) is 3.21. The van der Waals surface area contributed by atoms with E-state index in [1.807, 2.05) is 11.4 Å². The minimum Gasteiger partial charge on any atom is -0.482 e. The first-order valence-electron chi connectivity index (χ1n) is 9.93. The molecule has 0 saturated heterocycles. The highest BCUT2D eigenvalue weighted by Gasteiger charge is 2.18. The number of carbonyl (C=O) groups excluding carboxylic acids is 1. The van der Waals surface area contributed by atoms with Crippen molar-refractivity contribution in [3.63, 3.8) is 0 Å². The van der Waals surface area contributed by atoms with Crippen molar-refractivity contribution in [1.29, 1.82) is 0 Å². The van der Waals surface area contributed by atoms with Crippen LogP contribution in [0.3, 0.4) is 0 Å². The standard InChI is InChI=1S/C24H16F2N4O2S/c25-17-5-3-4-15(10-17)12-27-30-21(14-33-24(30)29-19-7-2-1-6-18(19)26)16-8-9-22-20(11-16)28-23(31)13-32-22/h1-12,14H,13H2,(H,28,31). The Morgan fingerprint density at radius 3 is 2.79 bits per heavy atom. The molecule has 0 unspecified atom stereocenters. The minimum atomic E-state index is -0.457. The molecule has 5 rings (SSSR count). The van der Waals surface area contributed by atoms with Crippen molar-refractivity contribution in [2.75, 3.05) is 11.9 Å². The van der Waals surface area contributed by atoms with Crippen molar-refractivity contribution in [2.45, 2.75) is 0 Å². The Labute approximate surface area is 191 Å². The van der Waals surface area contributed by atoms with E-state index in [9.17, 15) is 13.6 Å². The van der Waals surface area contributed by atoms with Crippen LogP contribution in [-0.2, 0) is 4.79 Å². The molecule has 0 radical (unpaired) electrons. The lowest BCUT2D eigenvalue weighted by Gasteiger charge is -2.18. The topological polar surface area (TPSA) is 68.0 Å². The SMILES string of the molecule is O=C1COc2ccc(-c3csc(=Nc4ccccc4F)n3N=Cc3cccc(F)c3)cc2N1. The predicted molar refractivity (Wildman–Crippen MR) is 123 cm³/mol. The number of benzene rings is 3. The molecule has 0 aliphatic carbocycles. The van der Waals surface area contributed by atoms with Crippen LogP contribution in [0.15, 0.2) is 82.2 Å². The van der Waals surface area contributed by atoms with E-state index in [2.05, 4.69) is 15.4 Å². The van der Waals surface area contributed by atoms with Crippen LogP contribution < -0.4 is 14.9 Å². The summed E-state index contributed by atoms with van der Waals surface area (Å²) in [6.45, 7) is -0.0333. The third-order valence-electron chi connectivity index (χ3n) is 4.83. The molecule has 9 heteroatoms. The Balaban J connectivity index is 1.64. The maximum atomic E-state index is 14.2. The Bertz CT molecular complexity index is 1460. The second kappa shape index (κ2) is 8.79. The molecule has 1 aromatic heterocycles. The number of nitrogens with zero attached hydrogens (tertiary/aromatic N) is 3. The molecular formula is C24H16F2N4O2S. The van der Waals surface area contributed by atoms with Gasteiger partial charge in [-0.2, -0.15) is 5.10 Å². The zero-order valence-electron chi connectivity index (χ0n) is 17.0. The number of hydrogen-bond acceptors (Lipinski definition) is 5. The van der Waals surface area contributed by atoms with Crippen molar-refractivity contribution in [2.24, 2.45) is 10.1 Å². The van der Waals surface area contributed by atoms with Crippen LogP contribution in [0.4, 0.5) is 20.2 Å². The third-order valence-corrected chi connectivity index (χ3v) is 5.65. The molecule has 0 saturated carbocycles. The molecule has 1 aliphatic heterocycles. The van der Waals surface area contributed by atoms with Crippen LogP contribution in [0.5, 0.6) is 5.75 Å². The number of ether oxygens (including phenoxy) is 1. The second-order valence-corrected chi connectivity index (χ2v) is 7.96. The number of fused-ring (bicyclic) bond motifs is 1. The third kappa shape index (κ3) is 4.44. The summed E-state index contributed by atoms with van der Waals surface area (Å²) in [5.74, 6) is -0.505. The smallest absolute Gasteiger partial charge is 0.262 e. The maximum absolute atomic E-state index is 14.2. The molecule has 4 aromatic rings. The highest BCUT2D eigenvalue weighted by molar-refractivity contribution is 7.07. The van der Waals surface area contributed by atoms with Gasteiger partial charge in [-0.1, -0.05) is 24.3 Å². The number of aromatic nitrogens is 1. The summed E-state index contributed by atoms with van der Waals surface area (Å²) in [4.78, 5) is 16.6. The first-order chi connectivity index (χ1) is 16.1. The molecule has 0 bridgehead atoms. The lowest BCUT2D eigenvalue weighted by Crippen LogP contribution is -2.25. The largest absolute Gasteiger partial charge is 0.482 e. The monoisotopic (exact) mass is 462 g/mol. The number of carbonyl (C=O) groups is 1. The van der Waals surface area contributed by atoms with Gasteiger partial charge in [0, 0.05) is 10.9 Å². The summed E-state index contributed by atoms with van der Waals surface area (Å²) in [6.07, 6.45) is 1.50. The second-order valence-electron chi connectivity index (χ2n) is 7.13. The van der Waals surface area contributed by atoms with E-state index in [-0.39, 0.29) is 24.0 Å². The van der Waals surface area contributed by atoms with Crippen LogP contribution in [-0.4, -0.2) is 23.4 Å². The van der Waals surface area contributed by atoms with Crippen LogP contribution in [0.1, 0.15) is 5.56 Å². The summed E-state index contributed by atoms with van der Waals surface area (Å²) >= 11 is 1.27. The molecule has 6 nitrogen and oxygen atoms in total. The molecule has 3 aromatic carbocycles. The first kappa shape index (κ1) is 20.8. The number of rotatable bonds is 4. The zero-order valence-corrected chi connectivity index (χ0v) is 17.9. The summed E-state index contributed by atoms with van der Waals surface area (Å²) in [7, 11) is 0. The fraction of sp³-hybridized carbons (Fsp3) is 0.0417. The van der Waals surface area contributed by atoms with Gasteiger partial charge in [-0.05, 0) is 48.0 Å². The van der Waals surface area contributed by atoms with Crippen molar-refractivity contribution < 1.29 is 18.3 Å². The number of halogens is 2. The fourth-order valence-corrected chi connectivity index (χ4v) is 4.14. The molecule has 2 heterocycles. The van der Waals surface area contributed by atoms with Gasteiger partial charge in [-0.15, -0.1) is 11.3 Å². The van der Waals surface area contributed by atoms with Crippen molar-refractivity contribution in [3.05, 3.63) is 94.1 Å². The van der Waals surface area contributed by atoms with Crippen LogP contribution in [0, 0.1) is 11.6 Å². The first-order valence-corrected chi connectivity index (χ1v) is 10.8. The molecule has 1 aliphatic rings. The van der Waals surface area contributed by atoms with Crippen molar-refractivity contribution in [3.8, 4) is 17.0 Å². The van der Waals surface area contributed by atoms with Gasteiger partial charge in [-0.3, -0.25) is 4.79 Å². The van der Waals surface area contributed by atoms with Crippen molar-refractivity contribution in [1.82, 2.24) is 4.68 Å². The molecule has 33 heavy (non-hydrogen) atoms. The number of para-hydroxylation sites is 1. The van der Waals surface area contributed by atoms with Crippen LogP contribution in [0.2, 0.25) is 0 Å². The average molecular weight is 462 g/mol. The van der Waals surface area contributed by atoms with Gasteiger partial charge in [0.15, 0.2) is 6.61 Å². The van der Waals surface area contributed by atoms with Crippen LogP contribution >= 0.6 is 11.3 Å². The van der Waals surface area contributed by atoms with E-state index >= 15 is 0 Å². The van der Waals surface area contributed by atoms with Gasteiger partial charge in [0.25, 0.3) is 5.91 Å². The van der Waals surface area contributed by atoms with Gasteiger partial charge in [0.05, 0.1) is 17.6 Å². The number of thiazole rings is 1. The summed E-state index contributed by atoms with van der Waals surface area (Å²) < 4.78 is 34.8. The van der Waals surface area contributed by atoms with Gasteiger partial charge in [-0.25, -0.2) is 18.4 Å². The minimum absolute atomic E-state index is 0.0333. The summed E-state index contributed by atoms with van der Waals surface area (Å²) in [6, 6.07) is 17.6. The Kier molecular flexibility index (Phi) is 5.54. The molecular weight excluding hydrogens is 446 g/mol. The van der Waals surface area contributed by atoms with E-state index in [0.717, 1.165) is 5.56 Å². The number of amides is 1. The Hall–Kier alpha value is -4.11. The summed E-state index contributed by atoms with van der Waals surface area (Å²) in [5.41, 5.74) is 2.67. The van der Waals surface area contributed by atoms with E-state index in [1.165, 1.54) is 35.8 Å². The van der Waals surface area contributed by atoms with Crippen LogP contribution in [0.25, 0.3) is 11.3 Å². The molecule has 0 atom stereocenters. The zero-order chi connectivity index (χ0) is 22.8. The highest BCUT2D eigenvalue weighted by atomic mass is 32.1. The molecule has 164 valence electrons. The van der Waals surface area contributed by atoms with Gasteiger partial charge in [0.1, 0.15) is 23.1 Å². The van der Waals surface area contributed by atoms with E-state index in [4.69, 9.17) is 4.74 Å². The fourth-order valence-electron chi connectivity index (χ4n) is 3.29. The van der Waals surface area contributed by atoms with Gasteiger partial charge >= 0.3 is 0 Å². The molecule has 1 N–H and O–H groups in total. The maximum Gasteiger partial charge on any atom is 0.262 e. The van der Waals surface area contributed by atoms with E-state index in [1.54, 1.807) is 47.1 Å². The molecule has 0 fully saturated rings. The number of anilines is 1. The normalized spacial score (nSPS) is 13.6. The van der Waals surface area contributed by atoms with Gasteiger partial charge < -0.3 is 10.1 Å². The molecule has 1 amide bonds. The quantitative estimate of drug-likeness (QED) is 0.437. The number of nitrogens with one attached hydrogen (secondary N) is 1. The Morgan fingerprint density at radius 1 is 1.06 bits per heavy atom. The Morgan fingerprint density at radius 2 is 1.94 bits per heavy atom. The van der Waals surface area contributed by atoms with Gasteiger partial charge in [0.2, 0.25) is 4.80 Å². The summed E-state index contributed by atoms with van der Waals surface area (Å²) in [5, 5.41) is 9.12. The number of hydrogen-bond donors (Lipinski definition) is 1. The lowest BCUT2D eigenvalue weighted by molar-refractivity contribution is -0.118. The van der Waals surface area contributed by atoms with E-state index in [0.29, 0.717) is 27.5 Å². The van der Waals surface area contributed by atoms with Crippen molar-refractivity contribution >= 4 is 34.8 Å². The predicted octanol–water partition coefficient (Wildman–Crippen LogP) is 4.94.